The fraction of sp³-hybridized carbons (Fsp3) is 0.348. The molecule has 1 atom stereocenters. The Hall–Kier alpha value is -4.02. The molecule has 34 heavy (non-hydrogen) atoms. The van der Waals surface area contributed by atoms with Gasteiger partial charge in [0.05, 0.1) is 23.8 Å². The van der Waals surface area contributed by atoms with Crippen LogP contribution in [-0.2, 0) is 5.41 Å². The predicted molar refractivity (Wildman–Crippen MR) is 127 cm³/mol. The van der Waals surface area contributed by atoms with Crippen molar-refractivity contribution in [1.82, 2.24) is 24.7 Å². The molecule has 11 heteroatoms. The van der Waals surface area contributed by atoms with E-state index >= 15 is 0 Å². The number of carbonyl (C=O) groups is 1. The zero-order valence-corrected chi connectivity index (χ0v) is 19.7. The number of nitrogens with zero attached hydrogens (tertiary/aromatic N) is 5. The summed E-state index contributed by atoms with van der Waals surface area (Å²) in [5.41, 5.74) is 0.918. The maximum absolute atomic E-state index is 14.0. The molecule has 0 bridgehead atoms. The van der Waals surface area contributed by atoms with Gasteiger partial charge in [0.1, 0.15) is 11.6 Å². The van der Waals surface area contributed by atoms with Gasteiger partial charge in [-0.1, -0.05) is 32.9 Å². The zero-order valence-electron chi connectivity index (χ0n) is 19.7. The van der Waals surface area contributed by atoms with Crippen LogP contribution in [0, 0.1) is 5.82 Å². The molecular weight excluding hydrogens is 439 g/mol. The number of halogens is 1. The minimum Gasteiger partial charge on any atom is -0.366 e. The summed E-state index contributed by atoms with van der Waals surface area (Å²) in [5, 5.41) is 17.7. The van der Waals surface area contributed by atoms with Gasteiger partial charge < -0.3 is 20.5 Å². The molecule has 0 spiro atoms. The zero-order chi connectivity index (χ0) is 24.5. The van der Waals surface area contributed by atoms with E-state index in [4.69, 9.17) is 4.52 Å². The van der Waals surface area contributed by atoms with Crippen LogP contribution in [0.15, 0.2) is 41.3 Å². The van der Waals surface area contributed by atoms with Crippen molar-refractivity contribution in [2.45, 2.75) is 52.5 Å². The van der Waals surface area contributed by atoms with Crippen LogP contribution in [0.25, 0.3) is 5.65 Å². The first-order chi connectivity index (χ1) is 16.2. The second-order valence-electron chi connectivity index (χ2n) is 9.04. The Bertz CT molecular complexity index is 1320. The Morgan fingerprint density at radius 1 is 1.21 bits per heavy atom. The number of nitrogens with one attached hydrogen (secondary N) is 3. The molecule has 178 valence electrons. The minimum atomic E-state index is -0.639. The van der Waals surface area contributed by atoms with Crippen molar-refractivity contribution in [2.75, 3.05) is 16.0 Å². The molecule has 0 saturated heterocycles. The highest BCUT2D eigenvalue weighted by Crippen LogP contribution is 2.28. The molecule has 4 aromatic heterocycles. The SMILES string of the molecule is CC[C@H](C)Nc1cc(Nc2cc(C(C)(C)C)on2)c2ncc(C(=O)Nc3ccncc3F)n2n1. The molecule has 0 aliphatic rings. The summed E-state index contributed by atoms with van der Waals surface area (Å²) in [6.07, 6.45) is 4.69. The summed E-state index contributed by atoms with van der Waals surface area (Å²) in [6, 6.07) is 5.14. The molecular formula is C23H27FN8O2. The Morgan fingerprint density at radius 3 is 2.68 bits per heavy atom. The maximum atomic E-state index is 14.0. The van der Waals surface area contributed by atoms with Crippen molar-refractivity contribution in [3.63, 3.8) is 0 Å². The van der Waals surface area contributed by atoms with Gasteiger partial charge in [-0.3, -0.25) is 9.78 Å². The third kappa shape index (κ3) is 4.82. The molecule has 4 aromatic rings. The topological polar surface area (TPSA) is 122 Å². The van der Waals surface area contributed by atoms with Crippen LogP contribution in [0.1, 0.15) is 57.3 Å². The summed E-state index contributed by atoms with van der Waals surface area (Å²) in [4.78, 5) is 21.0. The van der Waals surface area contributed by atoms with Crippen molar-refractivity contribution in [2.24, 2.45) is 0 Å². The molecule has 4 heterocycles. The Balaban J connectivity index is 1.73. The Labute approximate surface area is 196 Å². The Morgan fingerprint density at radius 2 is 2.00 bits per heavy atom. The number of carbonyl (C=O) groups excluding carboxylic acids is 1. The van der Waals surface area contributed by atoms with E-state index in [-0.39, 0.29) is 22.8 Å². The molecule has 0 radical (unpaired) electrons. The highest BCUT2D eigenvalue weighted by atomic mass is 19.1. The van der Waals surface area contributed by atoms with E-state index in [1.54, 1.807) is 6.07 Å². The highest BCUT2D eigenvalue weighted by molar-refractivity contribution is 6.03. The fourth-order valence-corrected chi connectivity index (χ4v) is 3.13. The van der Waals surface area contributed by atoms with Crippen LogP contribution < -0.4 is 16.0 Å². The number of hydrogen-bond acceptors (Lipinski definition) is 8. The third-order valence-electron chi connectivity index (χ3n) is 5.24. The van der Waals surface area contributed by atoms with E-state index in [1.807, 2.05) is 33.8 Å². The second-order valence-corrected chi connectivity index (χ2v) is 9.04. The maximum Gasteiger partial charge on any atom is 0.276 e. The van der Waals surface area contributed by atoms with Crippen molar-refractivity contribution in [3.05, 3.63) is 54.1 Å². The number of amides is 1. The average Bonchev–Trinajstić information content (AvgIpc) is 3.42. The molecule has 4 rings (SSSR count). The number of imidazole rings is 1. The lowest BCUT2D eigenvalue weighted by Gasteiger charge is -2.15. The number of aromatic nitrogens is 5. The van der Waals surface area contributed by atoms with Gasteiger partial charge in [0.2, 0.25) is 0 Å². The van der Waals surface area contributed by atoms with Crippen LogP contribution >= 0.6 is 0 Å². The molecule has 0 aliphatic heterocycles. The van der Waals surface area contributed by atoms with Gasteiger partial charge >= 0.3 is 0 Å². The van der Waals surface area contributed by atoms with Crippen LogP contribution in [0.4, 0.5) is 27.4 Å². The van der Waals surface area contributed by atoms with E-state index in [2.05, 4.69) is 43.1 Å². The van der Waals surface area contributed by atoms with Gasteiger partial charge in [0, 0.05) is 29.8 Å². The van der Waals surface area contributed by atoms with Gasteiger partial charge in [0.15, 0.2) is 23.0 Å². The van der Waals surface area contributed by atoms with Crippen LogP contribution in [-0.4, -0.2) is 36.7 Å². The van der Waals surface area contributed by atoms with E-state index < -0.39 is 11.7 Å². The summed E-state index contributed by atoms with van der Waals surface area (Å²) in [6.45, 7) is 10.2. The lowest BCUT2D eigenvalue weighted by molar-refractivity contribution is 0.102. The van der Waals surface area contributed by atoms with Crippen molar-refractivity contribution >= 4 is 34.6 Å². The van der Waals surface area contributed by atoms with Crippen LogP contribution in [0.2, 0.25) is 0 Å². The smallest absolute Gasteiger partial charge is 0.276 e. The molecule has 0 saturated carbocycles. The molecule has 3 N–H and O–H groups in total. The summed E-state index contributed by atoms with van der Waals surface area (Å²) in [5.74, 6) is 0.556. The first-order valence-electron chi connectivity index (χ1n) is 11.0. The van der Waals surface area contributed by atoms with Crippen molar-refractivity contribution in [3.8, 4) is 0 Å². The fourth-order valence-electron chi connectivity index (χ4n) is 3.13. The van der Waals surface area contributed by atoms with E-state index in [1.165, 1.54) is 23.0 Å². The Kier molecular flexibility index (Phi) is 6.18. The summed E-state index contributed by atoms with van der Waals surface area (Å²) in [7, 11) is 0. The predicted octanol–water partition coefficient (Wildman–Crippen LogP) is 4.76. The molecule has 0 unspecified atom stereocenters. The first kappa shape index (κ1) is 23.1. The van der Waals surface area contributed by atoms with Gasteiger partial charge in [-0.05, 0) is 19.4 Å². The molecule has 1 amide bonds. The highest BCUT2D eigenvalue weighted by Gasteiger charge is 2.22. The molecule has 0 aromatic carbocycles. The molecule has 0 aliphatic carbocycles. The van der Waals surface area contributed by atoms with Gasteiger partial charge in [-0.2, -0.15) is 0 Å². The monoisotopic (exact) mass is 466 g/mol. The van der Waals surface area contributed by atoms with Crippen LogP contribution in [0.5, 0.6) is 0 Å². The van der Waals surface area contributed by atoms with E-state index in [9.17, 15) is 9.18 Å². The number of rotatable bonds is 7. The van der Waals surface area contributed by atoms with Gasteiger partial charge in [-0.15, -0.1) is 5.10 Å². The van der Waals surface area contributed by atoms with Crippen LogP contribution in [0.3, 0.4) is 0 Å². The number of hydrogen-bond donors (Lipinski definition) is 3. The van der Waals surface area contributed by atoms with Gasteiger partial charge in [0.25, 0.3) is 5.91 Å². The number of fused-ring (bicyclic) bond motifs is 1. The largest absolute Gasteiger partial charge is 0.366 e. The lowest BCUT2D eigenvalue weighted by atomic mass is 9.93. The summed E-state index contributed by atoms with van der Waals surface area (Å²) < 4.78 is 20.9. The molecule has 0 fully saturated rings. The first-order valence-corrected chi connectivity index (χ1v) is 11.0. The van der Waals surface area contributed by atoms with Crippen molar-refractivity contribution < 1.29 is 13.7 Å². The normalized spacial score (nSPS) is 12.5. The standard InChI is InChI=1S/C23H27FN8O2/c1-6-13(2)27-19-9-16(28-20-10-18(34-31-20)23(3,4)5)21-26-12-17(32(21)30-19)22(33)29-15-7-8-25-11-14(15)24/h7-13H,6H2,1-5H3,(H,27,30)(H,28,31)(H,25,29,33)/t13-/m0/s1. The quantitative estimate of drug-likeness (QED) is 0.356. The third-order valence-corrected chi connectivity index (χ3v) is 5.24. The second kappa shape index (κ2) is 9.08. The van der Waals surface area contributed by atoms with Gasteiger partial charge in [-0.25, -0.2) is 13.9 Å². The average molecular weight is 467 g/mol. The van der Waals surface area contributed by atoms with E-state index in [0.29, 0.717) is 23.0 Å². The lowest BCUT2D eigenvalue weighted by Crippen LogP contribution is -2.19. The van der Waals surface area contributed by atoms with Crippen molar-refractivity contribution in [1.29, 1.82) is 0 Å². The number of pyridine rings is 1. The molecule has 10 nitrogen and oxygen atoms in total. The minimum absolute atomic E-state index is 0.0134. The summed E-state index contributed by atoms with van der Waals surface area (Å²) >= 11 is 0. The van der Waals surface area contributed by atoms with E-state index in [0.717, 1.165) is 18.4 Å². The number of anilines is 4.